The van der Waals surface area contributed by atoms with Crippen LogP contribution >= 0.6 is 0 Å². The van der Waals surface area contributed by atoms with E-state index in [1.165, 1.54) is 0 Å². The first kappa shape index (κ1) is 11.2. The lowest BCUT2D eigenvalue weighted by Gasteiger charge is -2.07. The van der Waals surface area contributed by atoms with Crippen molar-refractivity contribution >= 4 is 16.5 Å². The minimum Gasteiger partial charge on any atom is -0.398 e. The second kappa shape index (κ2) is 5.15. The zero-order chi connectivity index (χ0) is 10.6. The number of hydrogen-bond donors (Lipinski definition) is 1. The maximum absolute atomic E-state index is 11.8. The van der Waals surface area contributed by atoms with E-state index >= 15 is 0 Å². The molecule has 1 aromatic rings. The highest BCUT2D eigenvalue weighted by atomic mass is 32.2. The largest absolute Gasteiger partial charge is 0.398 e. The maximum Gasteiger partial charge on any atom is 0.0532 e. The minimum atomic E-state index is -0.885. The van der Waals surface area contributed by atoms with Gasteiger partial charge in [0.15, 0.2) is 0 Å². The summed E-state index contributed by atoms with van der Waals surface area (Å²) in [6.45, 7) is 4.03. The highest BCUT2D eigenvalue weighted by molar-refractivity contribution is 7.85. The highest BCUT2D eigenvalue weighted by Gasteiger charge is 2.07. The normalized spacial score (nSPS) is 12.7. The third kappa shape index (κ3) is 2.58. The van der Waals surface area contributed by atoms with E-state index < -0.39 is 10.8 Å². The molecule has 0 aliphatic rings. The Bertz CT molecular complexity index is 336. The van der Waals surface area contributed by atoms with Gasteiger partial charge in [0, 0.05) is 16.3 Å². The maximum atomic E-state index is 11.8. The summed E-state index contributed by atoms with van der Waals surface area (Å²) < 4.78 is 11.8. The van der Waals surface area contributed by atoms with Crippen LogP contribution in [0.2, 0.25) is 0 Å². The Morgan fingerprint density at radius 1 is 1.43 bits per heavy atom. The van der Waals surface area contributed by atoms with Gasteiger partial charge in [-0.05, 0) is 31.0 Å². The average Bonchev–Trinajstić information content (AvgIpc) is 2.18. The monoisotopic (exact) mass is 211 g/mol. The Labute approximate surface area is 88.0 Å². The molecule has 0 aliphatic carbocycles. The van der Waals surface area contributed by atoms with E-state index in [2.05, 4.69) is 6.92 Å². The van der Waals surface area contributed by atoms with E-state index in [4.69, 9.17) is 5.73 Å². The second-order valence-electron chi connectivity index (χ2n) is 3.37. The Balaban J connectivity index is 2.84. The van der Waals surface area contributed by atoms with Gasteiger partial charge in [-0.15, -0.1) is 0 Å². The number of hydrogen-bond acceptors (Lipinski definition) is 2. The van der Waals surface area contributed by atoms with Crippen LogP contribution in [0.5, 0.6) is 0 Å². The molecule has 0 bridgehead atoms. The first-order chi connectivity index (χ1) is 6.66. The summed E-state index contributed by atoms with van der Waals surface area (Å²) in [7, 11) is -0.885. The lowest BCUT2D eigenvalue weighted by atomic mass is 10.2. The molecule has 0 saturated carbocycles. The Hall–Kier alpha value is -0.830. The van der Waals surface area contributed by atoms with Crippen molar-refractivity contribution in [3.8, 4) is 0 Å². The quantitative estimate of drug-likeness (QED) is 0.777. The van der Waals surface area contributed by atoms with Crippen LogP contribution < -0.4 is 5.73 Å². The second-order valence-corrected chi connectivity index (χ2v) is 4.91. The Kier molecular flexibility index (Phi) is 4.14. The fourth-order valence-electron chi connectivity index (χ4n) is 1.26. The fraction of sp³-hybridized carbons (Fsp3) is 0.455. The molecule has 0 aromatic heterocycles. The molecule has 1 rings (SSSR count). The molecule has 0 radical (unpaired) electrons. The van der Waals surface area contributed by atoms with Gasteiger partial charge >= 0.3 is 0 Å². The molecule has 1 atom stereocenters. The van der Waals surface area contributed by atoms with Crippen molar-refractivity contribution in [3.05, 3.63) is 23.8 Å². The van der Waals surface area contributed by atoms with Gasteiger partial charge in [-0.3, -0.25) is 4.21 Å². The predicted octanol–water partition coefficient (Wildman–Crippen LogP) is 2.48. The molecule has 0 spiro atoms. The number of anilines is 1. The van der Waals surface area contributed by atoms with Crippen molar-refractivity contribution in [3.63, 3.8) is 0 Å². The first-order valence-electron chi connectivity index (χ1n) is 4.90. The van der Waals surface area contributed by atoms with E-state index in [-0.39, 0.29) is 0 Å². The third-order valence-electron chi connectivity index (χ3n) is 2.25. The molecule has 14 heavy (non-hydrogen) atoms. The van der Waals surface area contributed by atoms with Crippen LogP contribution in [-0.2, 0) is 10.8 Å². The molecule has 1 unspecified atom stereocenters. The van der Waals surface area contributed by atoms with Crippen LogP contribution in [0.25, 0.3) is 0 Å². The summed E-state index contributed by atoms with van der Waals surface area (Å²) in [5, 5.41) is 0. The van der Waals surface area contributed by atoms with Crippen LogP contribution in [0.3, 0.4) is 0 Å². The lowest BCUT2D eigenvalue weighted by Crippen LogP contribution is -2.02. The number of nitrogen functional groups attached to an aromatic ring is 1. The minimum absolute atomic E-state index is 0.729. The van der Waals surface area contributed by atoms with Crippen molar-refractivity contribution in [1.82, 2.24) is 0 Å². The average molecular weight is 211 g/mol. The van der Waals surface area contributed by atoms with E-state index in [1.54, 1.807) is 0 Å². The smallest absolute Gasteiger partial charge is 0.0532 e. The molecule has 3 heteroatoms. The molecule has 1 aromatic carbocycles. The van der Waals surface area contributed by atoms with Gasteiger partial charge in [-0.2, -0.15) is 0 Å². The summed E-state index contributed by atoms with van der Waals surface area (Å²) >= 11 is 0. The molecule has 0 aliphatic heterocycles. The number of nitrogens with two attached hydrogens (primary N) is 1. The van der Waals surface area contributed by atoms with Crippen molar-refractivity contribution in [2.24, 2.45) is 0 Å². The summed E-state index contributed by atoms with van der Waals surface area (Å²) in [6.07, 6.45) is 2.08. The summed E-state index contributed by atoms with van der Waals surface area (Å²) in [5.41, 5.74) is 7.44. The molecule has 2 N–H and O–H groups in total. The van der Waals surface area contributed by atoms with Gasteiger partial charge in [0.1, 0.15) is 0 Å². The summed E-state index contributed by atoms with van der Waals surface area (Å²) in [4.78, 5) is 0.887. The molecule has 0 fully saturated rings. The Morgan fingerprint density at radius 3 is 2.79 bits per heavy atom. The van der Waals surface area contributed by atoms with Crippen LogP contribution in [-0.4, -0.2) is 9.96 Å². The van der Waals surface area contributed by atoms with Gasteiger partial charge in [0.25, 0.3) is 0 Å². The van der Waals surface area contributed by atoms with E-state index in [1.807, 2.05) is 25.1 Å². The van der Waals surface area contributed by atoms with E-state index in [0.29, 0.717) is 0 Å². The van der Waals surface area contributed by atoms with Gasteiger partial charge in [0.2, 0.25) is 0 Å². The standard InChI is InChI=1S/C11H17NOS/c1-3-4-8-14(13)11-7-5-6-10(12)9(11)2/h5-7H,3-4,8,12H2,1-2H3. The van der Waals surface area contributed by atoms with Crippen LogP contribution in [0.4, 0.5) is 5.69 Å². The SMILES string of the molecule is CCCCS(=O)c1cccc(N)c1C. The summed E-state index contributed by atoms with van der Waals surface area (Å²) in [5.74, 6) is 0.737. The lowest BCUT2D eigenvalue weighted by molar-refractivity contribution is 0.679. The van der Waals surface area contributed by atoms with Crippen LogP contribution in [0.15, 0.2) is 23.1 Å². The molecular formula is C11H17NOS. The van der Waals surface area contributed by atoms with Crippen molar-refractivity contribution in [2.45, 2.75) is 31.6 Å². The molecule has 0 saturated heterocycles. The number of benzene rings is 1. The van der Waals surface area contributed by atoms with Gasteiger partial charge in [-0.1, -0.05) is 19.4 Å². The number of unbranched alkanes of at least 4 members (excludes halogenated alkanes) is 1. The number of rotatable bonds is 4. The van der Waals surface area contributed by atoms with Gasteiger partial charge < -0.3 is 5.73 Å². The zero-order valence-corrected chi connectivity index (χ0v) is 9.56. The molecule has 2 nitrogen and oxygen atoms in total. The van der Waals surface area contributed by atoms with E-state index in [0.717, 1.165) is 34.7 Å². The predicted molar refractivity (Wildman–Crippen MR) is 61.8 cm³/mol. The van der Waals surface area contributed by atoms with Crippen molar-refractivity contribution in [2.75, 3.05) is 11.5 Å². The van der Waals surface area contributed by atoms with Gasteiger partial charge in [-0.25, -0.2) is 0 Å². The van der Waals surface area contributed by atoms with Crippen molar-refractivity contribution < 1.29 is 4.21 Å². The van der Waals surface area contributed by atoms with E-state index in [9.17, 15) is 4.21 Å². The summed E-state index contributed by atoms with van der Waals surface area (Å²) in [6, 6.07) is 5.61. The van der Waals surface area contributed by atoms with Crippen molar-refractivity contribution in [1.29, 1.82) is 0 Å². The van der Waals surface area contributed by atoms with Crippen LogP contribution in [0.1, 0.15) is 25.3 Å². The first-order valence-corrected chi connectivity index (χ1v) is 6.22. The van der Waals surface area contributed by atoms with Crippen LogP contribution in [0, 0.1) is 6.92 Å². The molecule has 0 amide bonds. The van der Waals surface area contributed by atoms with Gasteiger partial charge in [0.05, 0.1) is 10.8 Å². The molecule has 0 heterocycles. The topological polar surface area (TPSA) is 43.1 Å². The third-order valence-corrected chi connectivity index (χ3v) is 3.85. The zero-order valence-electron chi connectivity index (χ0n) is 8.75. The molecular weight excluding hydrogens is 194 g/mol. The molecule has 78 valence electrons. The Morgan fingerprint density at radius 2 is 2.14 bits per heavy atom. The fourth-order valence-corrected chi connectivity index (χ4v) is 2.72. The highest BCUT2D eigenvalue weighted by Crippen LogP contribution is 2.19.